The fourth-order valence-electron chi connectivity index (χ4n) is 1.27. The molecule has 2 unspecified atom stereocenters. The lowest BCUT2D eigenvalue weighted by atomic mass is 10.2. The molecule has 1 saturated heterocycles. The van der Waals surface area contributed by atoms with E-state index in [9.17, 15) is 13.2 Å². The highest BCUT2D eigenvalue weighted by molar-refractivity contribution is 7.85. The van der Waals surface area contributed by atoms with Crippen LogP contribution in [0.1, 0.15) is 6.92 Å². The molecule has 0 aromatic carbocycles. The van der Waals surface area contributed by atoms with Crippen molar-refractivity contribution in [3.63, 3.8) is 0 Å². The average Bonchev–Trinajstić information content (AvgIpc) is 2.21. The summed E-state index contributed by atoms with van der Waals surface area (Å²) in [6.45, 7) is 1.46. The van der Waals surface area contributed by atoms with E-state index in [2.05, 4.69) is 4.18 Å². The summed E-state index contributed by atoms with van der Waals surface area (Å²) in [6, 6.07) is -0.817. The largest absolute Gasteiger partial charge is 0.464 e. The predicted octanol–water partition coefficient (Wildman–Crippen LogP) is -0.355. The molecule has 0 saturated carbocycles. The van der Waals surface area contributed by atoms with E-state index in [0.29, 0.717) is 0 Å². The van der Waals surface area contributed by atoms with E-state index in [4.69, 9.17) is 9.84 Å². The van der Waals surface area contributed by atoms with E-state index in [0.717, 1.165) is 0 Å². The van der Waals surface area contributed by atoms with Gasteiger partial charge in [0.1, 0.15) is 12.1 Å². The van der Waals surface area contributed by atoms with Gasteiger partial charge in [0, 0.05) is 7.11 Å². The summed E-state index contributed by atoms with van der Waals surface area (Å²) in [5, 5.41) is 8.67. The van der Waals surface area contributed by atoms with Crippen LogP contribution in [-0.2, 0) is 19.2 Å². The zero-order valence-electron chi connectivity index (χ0n) is 7.71. The molecule has 82 valence electrons. The van der Waals surface area contributed by atoms with Gasteiger partial charge in [-0.1, -0.05) is 0 Å². The molecule has 0 spiro atoms. The summed E-state index contributed by atoms with van der Waals surface area (Å²) >= 11 is 0. The van der Waals surface area contributed by atoms with Crippen molar-refractivity contribution in [2.45, 2.75) is 19.1 Å². The molecular weight excluding hydrogens is 214 g/mol. The number of nitrogens with zero attached hydrogens (tertiary/aromatic N) is 1. The van der Waals surface area contributed by atoms with Crippen LogP contribution in [0.5, 0.6) is 0 Å². The van der Waals surface area contributed by atoms with Gasteiger partial charge in [0.15, 0.2) is 0 Å². The Morgan fingerprint density at radius 3 is 2.64 bits per heavy atom. The summed E-state index contributed by atoms with van der Waals surface area (Å²) in [5.41, 5.74) is 0. The summed E-state index contributed by atoms with van der Waals surface area (Å²) < 4.78 is 31.9. The first-order valence-corrected chi connectivity index (χ1v) is 5.21. The Morgan fingerprint density at radius 1 is 1.64 bits per heavy atom. The number of carbonyl (C=O) groups is 1. The average molecular weight is 225 g/mol. The zero-order chi connectivity index (χ0) is 10.9. The maximum Gasteiger partial charge on any atom is 0.423 e. The van der Waals surface area contributed by atoms with Gasteiger partial charge in [0.25, 0.3) is 0 Å². The van der Waals surface area contributed by atoms with Gasteiger partial charge in [-0.05, 0) is 6.92 Å². The SMILES string of the molecule is COCC1C(C)OS(=O)(=O)N1C(=O)O. The first kappa shape index (κ1) is 11.2. The smallest absolute Gasteiger partial charge is 0.423 e. The highest BCUT2D eigenvalue weighted by Gasteiger charge is 2.47. The third-order valence-corrected chi connectivity index (χ3v) is 3.34. The van der Waals surface area contributed by atoms with Crippen LogP contribution in [0.25, 0.3) is 0 Å². The summed E-state index contributed by atoms with van der Waals surface area (Å²) in [4.78, 5) is 10.7. The molecule has 0 aromatic rings. The predicted molar refractivity (Wildman–Crippen MR) is 45.0 cm³/mol. The van der Waals surface area contributed by atoms with Gasteiger partial charge in [-0.15, -0.1) is 0 Å². The summed E-state index contributed by atoms with van der Waals surface area (Å²) in [5.74, 6) is 0. The molecule has 1 fully saturated rings. The number of carboxylic acid groups (broad SMARTS) is 1. The van der Waals surface area contributed by atoms with Crippen LogP contribution in [0.3, 0.4) is 0 Å². The van der Waals surface area contributed by atoms with E-state index in [-0.39, 0.29) is 10.9 Å². The number of hydrogen-bond donors (Lipinski definition) is 1. The van der Waals surface area contributed by atoms with Crippen LogP contribution in [0.15, 0.2) is 0 Å². The molecule has 0 radical (unpaired) electrons. The van der Waals surface area contributed by atoms with Crippen LogP contribution in [0.2, 0.25) is 0 Å². The molecule has 1 rings (SSSR count). The van der Waals surface area contributed by atoms with Crippen molar-refractivity contribution in [2.75, 3.05) is 13.7 Å². The lowest BCUT2D eigenvalue weighted by Crippen LogP contribution is -2.42. The van der Waals surface area contributed by atoms with Crippen LogP contribution in [0.4, 0.5) is 4.79 Å². The zero-order valence-corrected chi connectivity index (χ0v) is 8.52. The second-order valence-electron chi connectivity index (χ2n) is 2.86. The Morgan fingerprint density at radius 2 is 2.21 bits per heavy atom. The van der Waals surface area contributed by atoms with Gasteiger partial charge in [0.2, 0.25) is 0 Å². The molecule has 1 aliphatic heterocycles. The van der Waals surface area contributed by atoms with E-state index >= 15 is 0 Å². The van der Waals surface area contributed by atoms with Gasteiger partial charge < -0.3 is 9.84 Å². The van der Waals surface area contributed by atoms with Crippen LogP contribution >= 0.6 is 0 Å². The van der Waals surface area contributed by atoms with E-state index < -0.39 is 28.5 Å². The number of amides is 1. The second-order valence-corrected chi connectivity index (χ2v) is 4.30. The van der Waals surface area contributed by atoms with Crippen molar-refractivity contribution in [1.29, 1.82) is 0 Å². The molecule has 1 heterocycles. The van der Waals surface area contributed by atoms with Gasteiger partial charge in [-0.2, -0.15) is 12.7 Å². The Bertz CT molecular complexity index is 325. The third kappa shape index (κ3) is 1.81. The van der Waals surface area contributed by atoms with Crippen LogP contribution in [0, 0.1) is 0 Å². The van der Waals surface area contributed by atoms with Gasteiger partial charge in [-0.3, -0.25) is 0 Å². The molecule has 1 aliphatic rings. The molecule has 8 heteroatoms. The number of ether oxygens (including phenoxy) is 1. The minimum atomic E-state index is -4.15. The van der Waals surface area contributed by atoms with E-state index in [1.165, 1.54) is 14.0 Å². The van der Waals surface area contributed by atoms with Crippen LogP contribution < -0.4 is 0 Å². The second kappa shape index (κ2) is 3.71. The van der Waals surface area contributed by atoms with Gasteiger partial charge in [-0.25, -0.2) is 8.98 Å². The lowest BCUT2D eigenvalue weighted by molar-refractivity contribution is 0.0962. The third-order valence-electron chi connectivity index (χ3n) is 1.88. The Labute approximate surface area is 81.5 Å². The quantitative estimate of drug-likeness (QED) is 0.690. The maximum atomic E-state index is 11.2. The van der Waals surface area contributed by atoms with Crippen molar-refractivity contribution >= 4 is 16.4 Å². The molecular formula is C6H11NO6S. The van der Waals surface area contributed by atoms with E-state index in [1.54, 1.807) is 0 Å². The highest BCUT2D eigenvalue weighted by Crippen LogP contribution is 2.24. The molecule has 0 aliphatic carbocycles. The van der Waals surface area contributed by atoms with Gasteiger partial charge >= 0.3 is 16.4 Å². The molecule has 14 heavy (non-hydrogen) atoms. The Balaban J connectivity index is 2.99. The lowest BCUT2D eigenvalue weighted by Gasteiger charge is -2.17. The number of methoxy groups -OCH3 is 1. The molecule has 1 N–H and O–H groups in total. The normalized spacial score (nSPS) is 30.6. The van der Waals surface area contributed by atoms with Crippen molar-refractivity contribution in [2.24, 2.45) is 0 Å². The standard InChI is InChI=1S/C6H11NO6S/c1-4-5(3-12-2)7(6(8)9)14(10,11)13-4/h4-5H,3H2,1-2H3,(H,8,9). The highest BCUT2D eigenvalue weighted by atomic mass is 32.2. The minimum absolute atomic E-state index is 0.0211. The monoisotopic (exact) mass is 225 g/mol. The fourth-order valence-corrected chi connectivity index (χ4v) is 2.63. The van der Waals surface area contributed by atoms with E-state index in [1.807, 2.05) is 0 Å². The molecule has 0 bridgehead atoms. The molecule has 2 atom stereocenters. The number of rotatable bonds is 2. The first-order chi connectivity index (χ1) is 6.40. The topological polar surface area (TPSA) is 93.1 Å². The Kier molecular flexibility index (Phi) is 2.98. The molecule has 1 amide bonds. The minimum Gasteiger partial charge on any atom is -0.464 e. The fraction of sp³-hybridized carbons (Fsp3) is 0.833. The van der Waals surface area contributed by atoms with Crippen molar-refractivity contribution < 1.29 is 27.2 Å². The van der Waals surface area contributed by atoms with Crippen LogP contribution in [-0.4, -0.2) is 49.8 Å². The number of hydrogen-bond acceptors (Lipinski definition) is 5. The van der Waals surface area contributed by atoms with Crippen molar-refractivity contribution in [3.05, 3.63) is 0 Å². The summed E-state index contributed by atoms with van der Waals surface area (Å²) in [6.07, 6.45) is -2.28. The van der Waals surface area contributed by atoms with Gasteiger partial charge in [0.05, 0.1) is 6.61 Å². The molecule has 0 aromatic heterocycles. The van der Waals surface area contributed by atoms with Crippen molar-refractivity contribution in [1.82, 2.24) is 4.31 Å². The Hall–Kier alpha value is -0.860. The summed E-state index contributed by atoms with van der Waals surface area (Å²) in [7, 11) is -2.79. The van der Waals surface area contributed by atoms with Crippen molar-refractivity contribution in [3.8, 4) is 0 Å². The first-order valence-electron chi connectivity index (χ1n) is 3.84. The maximum absolute atomic E-state index is 11.2. The molecule has 7 nitrogen and oxygen atoms in total.